The SMILES string of the molecule is Cc1cc(C(F)(F)F)nn1CC(C)c1nnc(Cc2cccc(Cl)c2)o1. The Kier molecular flexibility index (Phi) is 5.04. The summed E-state index contributed by atoms with van der Waals surface area (Å²) in [5, 5.41) is 12.2. The molecule has 2 aromatic heterocycles. The Hall–Kier alpha value is -2.35. The molecule has 1 aromatic carbocycles. The predicted molar refractivity (Wildman–Crippen MR) is 88.9 cm³/mol. The van der Waals surface area contributed by atoms with E-state index in [1.807, 2.05) is 12.1 Å². The fourth-order valence-corrected chi connectivity index (χ4v) is 2.74. The Bertz CT molecular complexity index is 904. The molecule has 0 spiro atoms. The number of halogens is 4. The largest absolute Gasteiger partial charge is 0.435 e. The number of alkyl halides is 3. The van der Waals surface area contributed by atoms with E-state index >= 15 is 0 Å². The molecule has 0 saturated heterocycles. The average Bonchev–Trinajstić information content (AvgIpc) is 3.14. The van der Waals surface area contributed by atoms with E-state index in [1.54, 1.807) is 26.0 Å². The Morgan fingerprint density at radius 1 is 1.23 bits per heavy atom. The first kappa shape index (κ1) is 18.4. The van der Waals surface area contributed by atoms with Crippen LogP contribution in [0.4, 0.5) is 13.2 Å². The van der Waals surface area contributed by atoms with E-state index in [0.717, 1.165) is 11.6 Å². The highest BCUT2D eigenvalue weighted by atomic mass is 35.5. The van der Waals surface area contributed by atoms with Crippen molar-refractivity contribution in [3.05, 3.63) is 64.1 Å². The minimum absolute atomic E-state index is 0.209. The number of benzene rings is 1. The molecule has 0 N–H and O–H groups in total. The molecule has 5 nitrogen and oxygen atoms in total. The van der Waals surface area contributed by atoms with Gasteiger partial charge in [-0.05, 0) is 30.7 Å². The zero-order valence-electron chi connectivity index (χ0n) is 14.1. The smallest absolute Gasteiger partial charge is 0.425 e. The zero-order chi connectivity index (χ0) is 18.9. The van der Waals surface area contributed by atoms with Crippen molar-refractivity contribution in [1.29, 1.82) is 0 Å². The summed E-state index contributed by atoms with van der Waals surface area (Å²) in [6.45, 7) is 3.58. The van der Waals surface area contributed by atoms with Gasteiger partial charge in [0, 0.05) is 10.7 Å². The summed E-state index contributed by atoms with van der Waals surface area (Å²) in [7, 11) is 0. The molecule has 3 rings (SSSR count). The molecule has 0 amide bonds. The van der Waals surface area contributed by atoms with Gasteiger partial charge in [-0.2, -0.15) is 18.3 Å². The zero-order valence-corrected chi connectivity index (χ0v) is 14.8. The molecule has 0 aliphatic heterocycles. The van der Waals surface area contributed by atoms with Crippen LogP contribution in [0.5, 0.6) is 0 Å². The molecule has 0 fully saturated rings. The third-order valence-electron chi connectivity index (χ3n) is 3.87. The van der Waals surface area contributed by atoms with Crippen LogP contribution >= 0.6 is 11.6 Å². The van der Waals surface area contributed by atoms with Gasteiger partial charge in [-0.25, -0.2) is 0 Å². The van der Waals surface area contributed by atoms with Crippen LogP contribution in [0.25, 0.3) is 0 Å². The Labute approximate surface area is 152 Å². The van der Waals surface area contributed by atoms with Crippen LogP contribution in [0.15, 0.2) is 34.7 Å². The number of hydrogen-bond donors (Lipinski definition) is 0. The van der Waals surface area contributed by atoms with E-state index in [-0.39, 0.29) is 12.5 Å². The van der Waals surface area contributed by atoms with Crippen molar-refractivity contribution >= 4 is 11.6 Å². The maximum atomic E-state index is 12.8. The van der Waals surface area contributed by atoms with Crippen LogP contribution in [0.3, 0.4) is 0 Å². The van der Waals surface area contributed by atoms with Crippen LogP contribution in [-0.4, -0.2) is 20.0 Å². The maximum absolute atomic E-state index is 12.8. The Balaban J connectivity index is 1.70. The van der Waals surface area contributed by atoms with Crippen molar-refractivity contribution in [2.24, 2.45) is 0 Å². The molecule has 0 saturated carbocycles. The van der Waals surface area contributed by atoms with Crippen LogP contribution in [-0.2, 0) is 19.1 Å². The van der Waals surface area contributed by atoms with Crippen LogP contribution in [0, 0.1) is 6.92 Å². The molecule has 2 heterocycles. The fraction of sp³-hybridized carbons (Fsp3) is 0.353. The summed E-state index contributed by atoms with van der Waals surface area (Å²) in [5.74, 6) is 0.489. The summed E-state index contributed by atoms with van der Waals surface area (Å²) in [4.78, 5) is 0. The number of aryl methyl sites for hydroxylation is 1. The Morgan fingerprint density at radius 3 is 2.65 bits per heavy atom. The lowest BCUT2D eigenvalue weighted by molar-refractivity contribution is -0.141. The van der Waals surface area contributed by atoms with E-state index in [0.29, 0.717) is 28.9 Å². The van der Waals surface area contributed by atoms with Crippen LogP contribution in [0.2, 0.25) is 5.02 Å². The predicted octanol–water partition coefficient (Wildman–Crippen LogP) is 4.64. The minimum Gasteiger partial charge on any atom is -0.425 e. The van der Waals surface area contributed by atoms with Gasteiger partial charge in [-0.3, -0.25) is 4.68 Å². The van der Waals surface area contributed by atoms with Gasteiger partial charge in [0.2, 0.25) is 11.8 Å². The number of rotatable bonds is 5. The third kappa shape index (κ3) is 4.24. The van der Waals surface area contributed by atoms with Crippen LogP contribution in [0.1, 0.15) is 41.6 Å². The topological polar surface area (TPSA) is 56.7 Å². The molecule has 0 aliphatic rings. The van der Waals surface area contributed by atoms with E-state index in [9.17, 15) is 13.2 Å². The lowest BCUT2D eigenvalue weighted by Gasteiger charge is -2.09. The van der Waals surface area contributed by atoms with Gasteiger partial charge in [0.05, 0.1) is 18.9 Å². The molecule has 9 heteroatoms. The number of hydrogen-bond acceptors (Lipinski definition) is 4. The molecule has 138 valence electrons. The average molecular weight is 385 g/mol. The lowest BCUT2D eigenvalue weighted by Crippen LogP contribution is -2.12. The van der Waals surface area contributed by atoms with Gasteiger partial charge >= 0.3 is 6.18 Å². The lowest BCUT2D eigenvalue weighted by atomic mass is 10.1. The second kappa shape index (κ2) is 7.11. The Morgan fingerprint density at radius 2 is 2.00 bits per heavy atom. The first-order valence-electron chi connectivity index (χ1n) is 7.90. The van der Waals surface area contributed by atoms with Crippen molar-refractivity contribution in [3.63, 3.8) is 0 Å². The maximum Gasteiger partial charge on any atom is 0.435 e. The first-order chi connectivity index (χ1) is 12.2. The molecule has 0 aliphatic carbocycles. The van der Waals surface area contributed by atoms with Crippen molar-refractivity contribution in [1.82, 2.24) is 20.0 Å². The van der Waals surface area contributed by atoms with Crippen molar-refractivity contribution in [2.75, 3.05) is 0 Å². The standard InChI is InChI=1S/C17H16ClF3N4O/c1-10(9-25-11(2)6-14(24-25)17(19,20)21)16-23-22-15(26-16)8-12-4-3-5-13(18)7-12/h3-7,10H,8-9H2,1-2H3. The van der Waals surface area contributed by atoms with E-state index in [4.69, 9.17) is 16.0 Å². The number of nitrogens with zero attached hydrogens (tertiary/aromatic N) is 4. The van der Waals surface area contributed by atoms with Gasteiger partial charge in [0.1, 0.15) is 0 Å². The number of aromatic nitrogens is 4. The monoisotopic (exact) mass is 384 g/mol. The molecule has 26 heavy (non-hydrogen) atoms. The van der Waals surface area contributed by atoms with Crippen molar-refractivity contribution in [2.45, 2.75) is 38.9 Å². The van der Waals surface area contributed by atoms with Gasteiger partial charge in [0.25, 0.3) is 0 Å². The van der Waals surface area contributed by atoms with Gasteiger partial charge in [0.15, 0.2) is 5.69 Å². The molecule has 0 radical (unpaired) electrons. The summed E-state index contributed by atoms with van der Waals surface area (Å²) in [5.41, 5.74) is 0.440. The summed E-state index contributed by atoms with van der Waals surface area (Å²) >= 11 is 5.95. The van der Waals surface area contributed by atoms with Gasteiger partial charge in [-0.15, -0.1) is 10.2 Å². The first-order valence-corrected chi connectivity index (χ1v) is 8.28. The molecule has 1 unspecified atom stereocenters. The highest BCUT2D eigenvalue weighted by Gasteiger charge is 2.34. The quantitative estimate of drug-likeness (QED) is 0.643. The third-order valence-corrected chi connectivity index (χ3v) is 4.10. The second-order valence-electron chi connectivity index (χ2n) is 6.09. The van der Waals surface area contributed by atoms with Gasteiger partial charge < -0.3 is 4.42 Å². The molecule has 0 bridgehead atoms. The molecule has 1 atom stereocenters. The van der Waals surface area contributed by atoms with Gasteiger partial charge in [-0.1, -0.05) is 30.7 Å². The minimum atomic E-state index is -4.46. The second-order valence-corrected chi connectivity index (χ2v) is 6.53. The van der Waals surface area contributed by atoms with Crippen LogP contribution < -0.4 is 0 Å². The summed E-state index contributed by atoms with van der Waals surface area (Å²) < 4.78 is 45.2. The fourth-order valence-electron chi connectivity index (χ4n) is 2.53. The highest BCUT2D eigenvalue weighted by Crippen LogP contribution is 2.29. The summed E-state index contributed by atoms with van der Waals surface area (Å²) in [6, 6.07) is 8.32. The normalized spacial score (nSPS) is 13.2. The van der Waals surface area contributed by atoms with E-state index < -0.39 is 11.9 Å². The molecular formula is C17H16ClF3N4O. The molecule has 3 aromatic rings. The van der Waals surface area contributed by atoms with Crippen molar-refractivity contribution < 1.29 is 17.6 Å². The molecular weight excluding hydrogens is 369 g/mol. The highest BCUT2D eigenvalue weighted by molar-refractivity contribution is 6.30. The summed E-state index contributed by atoms with van der Waals surface area (Å²) in [6.07, 6.45) is -4.03. The van der Waals surface area contributed by atoms with Crippen molar-refractivity contribution in [3.8, 4) is 0 Å². The van der Waals surface area contributed by atoms with E-state index in [2.05, 4.69) is 15.3 Å². The van der Waals surface area contributed by atoms with E-state index in [1.165, 1.54) is 4.68 Å².